The van der Waals surface area contributed by atoms with Gasteiger partial charge in [-0.25, -0.2) is 18.2 Å². The third-order valence-electron chi connectivity index (χ3n) is 2.94. The monoisotopic (exact) mass is 285 g/mol. The molecule has 0 bridgehead atoms. The van der Waals surface area contributed by atoms with Crippen LogP contribution in [-0.2, 0) is 14.6 Å². The summed E-state index contributed by atoms with van der Waals surface area (Å²) >= 11 is 0. The van der Waals surface area contributed by atoms with Gasteiger partial charge in [0, 0.05) is 13.1 Å². The number of hydrogen-bond donors (Lipinski definition) is 1. The first-order valence-corrected chi connectivity index (χ1v) is 7.54. The molecule has 1 fully saturated rings. The van der Waals surface area contributed by atoms with E-state index in [4.69, 9.17) is 5.73 Å². The molecule has 7 nitrogen and oxygen atoms in total. The number of nitrogens with two attached hydrogens (primary N) is 1. The van der Waals surface area contributed by atoms with E-state index in [2.05, 4.69) is 9.72 Å². The number of carbonyl (C=O) groups excluding carboxylic acids is 1. The molecule has 1 saturated heterocycles. The van der Waals surface area contributed by atoms with Crippen molar-refractivity contribution in [1.82, 2.24) is 4.98 Å². The van der Waals surface area contributed by atoms with Crippen molar-refractivity contribution in [3.8, 4) is 0 Å². The van der Waals surface area contributed by atoms with Crippen LogP contribution >= 0.6 is 0 Å². The number of methoxy groups -OCH3 is 1. The minimum absolute atomic E-state index is 0.0552. The van der Waals surface area contributed by atoms with E-state index in [1.807, 2.05) is 0 Å². The van der Waals surface area contributed by atoms with Crippen LogP contribution in [0, 0.1) is 0 Å². The molecular weight excluding hydrogens is 270 g/mol. The van der Waals surface area contributed by atoms with E-state index in [9.17, 15) is 13.2 Å². The quantitative estimate of drug-likeness (QED) is 0.743. The van der Waals surface area contributed by atoms with E-state index in [0.29, 0.717) is 24.6 Å². The predicted molar refractivity (Wildman–Crippen MR) is 70.9 cm³/mol. The Balaban J connectivity index is 2.32. The summed E-state index contributed by atoms with van der Waals surface area (Å²) in [6, 6.07) is 1.48. The van der Waals surface area contributed by atoms with Crippen molar-refractivity contribution in [2.45, 2.75) is 0 Å². The highest BCUT2D eigenvalue weighted by Crippen LogP contribution is 2.22. The highest BCUT2D eigenvalue weighted by atomic mass is 32.2. The zero-order valence-corrected chi connectivity index (χ0v) is 11.3. The van der Waals surface area contributed by atoms with Crippen LogP contribution < -0.4 is 10.6 Å². The molecule has 0 aliphatic carbocycles. The van der Waals surface area contributed by atoms with Crippen molar-refractivity contribution >= 4 is 27.3 Å². The fourth-order valence-corrected chi connectivity index (χ4v) is 3.11. The fourth-order valence-electron chi connectivity index (χ4n) is 1.91. The van der Waals surface area contributed by atoms with Crippen molar-refractivity contribution in [3.05, 3.63) is 17.8 Å². The second kappa shape index (κ2) is 5.04. The number of sulfone groups is 1. The Kier molecular flexibility index (Phi) is 3.61. The van der Waals surface area contributed by atoms with Gasteiger partial charge < -0.3 is 15.4 Å². The Morgan fingerprint density at radius 3 is 2.63 bits per heavy atom. The van der Waals surface area contributed by atoms with Gasteiger partial charge in [0.05, 0.1) is 30.5 Å². The number of aromatic nitrogens is 1. The third kappa shape index (κ3) is 2.95. The minimum atomic E-state index is -2.98. The van der Waals surface area contributed by atoms with Crippen LogP contribution in [0.1, 0.15) is 10.4 Å². The second-order valence-electron chi connectivity index (χ2n) is 4.27. The average molecular weight is 285 g/mol. The molecular formula is C11H15N3O4S. The van der Waals surface area contributed by atoms with Gasteiger partial charge in [-0.2, -0.15) is 0 Å². The average Bonchev–Trinajstić information content (AvgIpc) is 2.38. The third-order valence-corrected chi connectivity index (χ3v) is 4.55. The predicted octanol–water partition coefficient (Wildman–Crippen LogP) is -0.315. The number of carbonyl (C=O) groups is 1. The van der Waals surface area contributed by atoms with Gasteiger partial charge in [0.2, 0.25) is 0 Å². The molecule has 0 saturated carbocycles. The summed E-state index contributed by atoms with van der Waals surface area (Å²) in [5, 5.41) is 0. The Morgan fingerprint density at radius 1 is 1.42 bits per heavy atom. The van der Waals surface area contributed by atoms with E-state index in [-0.39, 0.29) is 17.1 Å². The lowest BCUT2D eigenvalue weighted by Gasteiger charge is -2.28. The molecule has 2 heterocycles. The molecule has 0 amide bonds. The number of hydrogen-bond acceptors (Lipinski definition) is 7. The Bertz CT molecular complexity index is 586. The molecule has 8 heteroatoms. The van der Waals surface area contributed by atoms with Gasteiger partial charge in [-0.3, -0.25) is 0 Å². The van der Waals surface area contributed by atoms with Gasteiger partial charge in [0.25, 0.3) is 0 Å². The number of esters is 1. The maximum atomic E-state index is 11.7. The van der Waals surface area contributed by atoms with Crippen LogP contribution in [0.25, 0.3) is 0 Å². The van der Waals surface area contributed by atoms with Crippen molar-refractivity contribution < 1.29 is 17.9 Å². The standard InChI is InChI=1S/C11H15N3O4S/c1-18-11(15)9-6-8(12)7-13-10(9)14-2-4-19(16,17)5-3-14/h6-7H,2-5,12H2,1H3. The van der Waals surface area contributed by atoms with Crippen LogP contribution in [0.4, 0.5) is 11.5 Å². The van der Waals surface area contributed by atoms with Crippen LogP contribution in [0.3, 0.4) is 0 Å². The molecule has 19 heavy (non-hydrogen) atoms. The SMILES string of the molecule is COC(=O)c1cc(N)cnc1N1CCS(=O)(=O)CC1. The van der Waals surface area contributed by atoms with Gasteiger partial charge in [-0.05, 0) is 6.07 Å². The number of nitrogen functional groups attached to an aromatic ring is 1. The maximum absolute atomic E-state index is 11.7. The Morgan fingerprint density at radius 2 is 2.05 bits per heavy atom. The first kappa shape index (κ1) is 13.6. The zero-order chi connectivity index (χ0) is 14.0. The molecule has 0 atom stereocenters. The molecule has 104 valence electrons. The van der Waals surface area contributed by atoms with Gasteiger partial charge in [-0.1, -0.05) is 0 Å². The Hall–Kier alpha value is -1.83. The fraction of sp³-hybridized carbons (Fsp3) is 0.455. The zero-order valence-electron chi connectivity index (χ0n) is 10.5. The van der Waals surface area contributed by atoms with Gasteiger partial charge in [0.1, 0.15) is 11.4 Å². The first-order chi connectivity index (χ1) is 8.93. The highest BCUT2D eigenvalue weighted by Gasteiger charge is 2.26. The molecule has 1 aliphatic heterocycles. The molecule has 2 N–H and O–H groups in total. The van der Waals surface area contributed by atoms with Crippen molar-refractivity contribution in [2.75, 3.05) is 42.3 Å². The second-order valence-corrected chi connectivity index (χ2v) is 6.57. The molecule has 0 unspecified atom stereocenters. The number of anilines is 2. The summed E-state index contributed by atoms with van der Waals surface area (Å²) in [5.41, 5.74) is 6.21. The maximum Gasteiger partial charge on any atom is 0.341 e. The van der Waals surface area contributed by atoms with E-state index < -0.39 is 15.8 Å². The number of nitrogens with zero attached hydrogens (tertiary/aromatic N) is 2. The lowest BCUT2D eigenvalue weighted by molar-refractivity contribution is 0.0601. The first-order valence-electron chi connectivity index (χ1n) is 5.72. The summed E-state index contributed by atoms with van der Waals surface area (Å²) in [6.07, 6.45) is 1.44. The van der Waals surface area contributed by atoms with Crippen molar-refractivity contribution in [3.63, 3.8) is 0 Å². The molecule has 1 aliphatic rings. The number of pyridine rings is 1. The van der Waals surface area contributed by atoms with Gasteiger partial charge in [-0.15, -0.1) is 0 Å². The van der Waals surface area contributed by atoms with Gasteiger partial charge in [0.15, 0.2) is 9.84 Å². The van der Waals surface area contributed by atoms with Crippen molar-refractivity contribution in [2.24, 2.45) is 0 Å². The smallest absolute Gasteiger partial charge is 0.341 e. The summed E-state index contributed by atoms with van der Waals surface area (Å²) in [5.74, 6) is -0.0153. The van der Waals surface area contributed by atoms with E-state index in [1.54, 1.807) is 4.90 Å². The summed E-state index contributed by atoms with van der Waals surface area (Å²) < 4.78 is 27.5. The number of ether oxygens (including phenoxy) is 1. The summed E-state index contributed by atoms with van der Waals surface area (Å²) in [7, 11) is -1.71. The normalized spacial score (nSPS) is 18.1. The Labute approximate surface area is 111 Å². The lowest BCUT2D eigenvalue weighted by Crippen LogP contribution is -2.41. The van der Waals surface area contributed by atoms with E-state index in [0.717, 1.165) is 0 Å². The molecule has 0 radical (unpaired) electrons. The summed E-state index contributed by atoms with van der Waals surface area (Å²) in [4.78, 5) is 17.6. The molecule has 1 aromatic rings. The molecule has 0 spiro atoms. The number of rotatable bonds is 2. The van der Waals surface area contributed by atoms with Crippen LogP contribution in [-0.4, -0.2) is 51.1 Å². The van der Waals surface area contributed by atoms with Crippen molar-refractivity contribution in [1.29, 1.82) is 0 Å². The molecule has 0 aromatic carbocycles. The van der Waals surface area contributed by atoms with Crippen LogP contribution in [0.15, 0.2) is 12.3 Å². The van der Waals surface area contributed by atoms with E-state index in [1.165, 1.54) is 19.4 Å². The van der Waals surface area contributed by atoms with E-state index >= 15 is 0 Å². The molecule has 2 rings (SSSR count). The largest absolute Gasteiger partial charge is 0.465 e. The highest BCUT2D eigenvalue weighted by molar-refractivity contribution is 7.91. The summed E-state index contributed by atoms with van der Waals surface area (Å²) in [6.45, 7) is 0.618. The lowest BCUT2D eigenvalue weighted by atomic mass is 10.2. The van der Waals surface area contributed by atoms with Crippen LogP contribution in [0.5, 0.6) is 0 Å². The molecule has 1 aromatic heterocycles. The minimum Gasteiger partial charge on any atom is -0.465 e. The van der Waals surface area contributed by atoms with Gasteiger partial charge >= 0.3 is 5.97 Å². The topological polar surface area (TPSA) is 103 Å². The van der Waals surface area contributed by atoms with Crippen LogP contribution in [0.2, 0.25) is 0 Å².